The van der Waals surface area contributed by atoms with Crippen molar-refractivity contribution in [1.29, 1.82) is 0 Å². The Kier molecular flexibility index (Phi) is 5.15. The summed E-state index contributed by atoms with van der Waals surface area (Å²) in [5.41, 5.74) is 2.46. The van der Waals surface area contributed by atoms with Gasteiger partial charge in [0.1, 0.15) is 0 Å². The summed E-state index contributed by atoms with van der Waals surface area (Å²) in [6.07, 6.45) is 1.89. The van der Waals surface area contributed by atoms with Crippen LogP contribution in [0, 0.1) is 5.92 Å². The van der Waals surface area contributed by atoms with Crippen LogP contribution in [0.2, 0.25) is 0 Å². The van der Waals surface area contributed by atoms with Crippen molar-refractivity contribution in [2.75, 3.05) is 18.5 Å². The Morgan fingerprint density at radius 1 is 1.33 bits per heavy atom. The largest absolute Gasteiger partial charge is 0.374 e. The molecule has 0 spiro atoms. The van der Waals surface area contributed by atoms with Gasteiger partial charge >= 0.3 is 0 Å². The van der Waals surface area contributed by atoms with Crippen molar-refractivity contribution in [2.45, 2.75) is 46.7 Å². The highest BCUT2D eigenvalue weighted by Gasteiger charge is 2.10. The van der Waals surface area contributed by atoms with Gasteiger partial charge in [-0.15, -0.1) is 0 Å². The first-order valence-corrected chi connectivity index (χ1v) is 6.69. The molecule has 0 unspecified atom stereocenters. The molecule has 102 valence electrons. The third kappa shape index (κ3) is 5.50. The number of aromatic nitrogens is 1. The van der Waals surface area contributed by atoms with Crippen molar-refractivity contribution in [2.24, 2.45) is 5.92 Å². The van der Waals surface area contributed by atoms with Gasteiger partial charge in [0.25, 0.3) is 0 Å². The average Bonchev–Trinajstić information content (AvgIpc) is 2.25. The summed E-state index contributed by atoms with van der Waals surface area (Å²) in [5.74, 6) is 0.666. The number of anilines is 1. The summed E-state index contributed by atoms with van der Waals surface area (Å²) in [6, 6.07) is 4.24. The molecule has 0 saturated carbocycles. The highest BCUT2D eigenvalue weighted by molar-refractivity contribution is 5.45. The maximum Gasteiger partial charge on any atom is 0.0562 e. The Labute approximate surface area is 112 Å². The van der Waals surface area contributed by atoms with Gasteiger partial charge in [-0.3, -0.25) is 4.98 Å². The molecule has 0 saturated heterocycles. The first-order valence-electron chi connectivity index (χ1n) is 6.69. The van der Waals surface area contributed by atoms with Gasteiger partial charge in [0.05, 0.1) is 5.69 Å². The second-order valence-corrected chi connectivity index (χ2v) is 6.38. The van der Waals surface area contributed by atoms with Crippen molar-refractivity contribution in [3.63, 3.8) is 0 Å². The van der Waals surface area contributed by atoms with Crippen molar-refractivity contribution < 1.29 is 0 Å². The van der Waals surface area contributed by atoms with Crippen molar-refractivity contribution >= 4 is 5.69 Å². The topological polar surface area (TPSA) is 28.2 Å². The van der Waals surface area contributed by atoms with Crippen LogP contribution < -0.4 is 10.2 Å². The number of nitrogens with one attached hydrogen (secondary N) is 1. The number of hydrogen-bond acceptors (Lipinski definition) is 3. The minimum Gasteiger partial charge on any atom is -0.374 e. The average molecular weight is 249 g/mol. The van der Waals surface area contributed by atoms with Crippen LogP contribution in [0.3, 0.4) is 0 Å². The van der Waals surface area contributed by atoms with E-state index in [1.165, 1.54) is 5.69 Å². The zero-order valence-corrected chi connectivity index (χ0v) is 12.6. The standard InChI is InChI=1S/C15H27N3/c1-12(2)11-18(6)14-7-8-16-13(9-14)10-17-15(3,4)5/h7-9,12,17H,10-11H2,1-6H3. The summed E-state index contributed by atoms with van der Waals surface area (Å²) in [4.78, 5) is 6.70. The van der Waals surface area contributed by atoms with E-state index < -0.39 is 0 Å². The Morgan fingerprint density at radius 2 is 2.00 bits per heavy atom. The quantitative estimate of drug-likeness (QED) is 0.869. The molecule has 0 aliphatic heterocycles. The van der Waals surface area contributed by atoms with Crippen LogP contribution in [0.5, 0.6) is 0 Å². The third-order valence-corrected chi connectivity index (χ3v) is 2.68. The molecule has 0 aliphatic carbocycles. The zero-order valence-electron chi connectivity index (χ0n) is 12.6. The van der Waals surface area contributed by atoms with E-state index in [9.17, 15) is 0 Å². The molecule has 1 N–H and O–H groups in total. The molecular weight excluding hydrogens is 222 g/mol. The molecule has 3 heteroatoms. The predicted molar refractivity (Wildman–Crippen MR) is 78.9 cm³/mol. The third-order valence-electron chi connectivity index (χ3n) is 2.68. The van der Waals surface area contributed by atoms with Crippen LogP contribution in [0.25, 0.3) is 0 Å². The normalized spacial score (nSPS) is 11.9. The molecule has 0 atom stereocenters. The molecular formula is C15H27N3. The van der Waals surface area contributed by atoms with Crippen LogP contribution in [0.1, 0.15) is 40.3 Å². The number of rotatable bonds is 5. The summed E-state index contributed by atoms with van der Waals surface area (Å²) in [5, 5.41) is 3.46. The maximum atomic E-state index is 4.41. The van der Waals surface area contributed by atoms with E-state index in [0.717, 1.165) is 18.8 Å². The van der Waals surface area contributed by atoms with Gasteiger partial charge in [-0.2, -0.15) is 0 Å². The molecule has 0 aromatic carbocycles. The second-order valence-electron chi connectivity index (χ2n) is 6.38. The smallest absolute Gasteiger partial charge is 0.0562 e. The highest BCUT2D eigenvalue weighted by Crippen LogP contribution is 2.15. The van der Waals surface area contributed by atoms with Crippen molar-refractivity contribution in [1.82, 2.24) is 10.3 Å². The Bertz CT molecular complexity index is 366. The molecule has 18 heavy (non-hydrogen) atoms. The fraction of sp³-hybridized carbons (Fsp3) is 0.667. The summed E-state index contributed by atoms with van der Waals surface area (Å²) < 4.78 is 0. The lowest BCUT2D eigenvalue weighted by molar-refractivity contribution is 0.421. The van der Waals surface area contributed by atoms with E-state index in [1.807, 2.05) is 6.20 Å². The van der Waals surface area contributed by atoms with Gasteiger partial charge in [0.15, 0.2) is 0 Å². The number of nitrogens with zero attached hydrogens (tertiary/aromatic N) is 2. The monoisotopic (exact) mass is 249 g/mol. The first-order chi connectivity index (χ1) is 8.28. The van der Waals surface area contributed by atoms with Crippen molar-refractivity contribution in [3.8, 4) is 0 Å². The van der Waals surface area contributed by atoms with Crippen LogP contribution in [-0.4, -0.2) is 24.1 Å². The molecule has 0 radical (unpaired) electrons. The molecule has 0 bridgehead atoms. The van der Waals surface area contributed by atoms with Crippen LogP contribution in [-0.2, 0) is 6.54 Å². The van der Waals surface area contributed by atoms with Gasteiger partial charge in [0, 0.05) is 37.6 Å². The van der Waals surface area contributed by atoms with Gasteiger partial charge in [0.2, 0.25) is 0 Å². The molecule has 0 aliphatic rings. The number of pyridine rings is 1. The molecule has 1 aromatic heterocycles. The van der Waals surface area contributed by atoms with E-state index in [0.29, 0.717) is 5.92 Å². The Hall–Kier alpha value is -1.09. The van der Waals surface area contributed by atoms with Crippen LogP contribution >= 0.6 is 0 Å². The molecule has 0 fully saturated rings. The summed E-state index contributed by atoms with van der Waals surface area (Å²) in [7, 11) is 2.14. The molecule has 1 rings (SSSR count). The van der Waals surface area contributed by atoms with E-state index in [4.69, 9.17) is 0 Å². The lowest BCUT2D eigenvalue weighted by Gasteiger charge is -2.23. The minimum atomic E-state index is 0.127. The fourth-order valence-corrected chi connectivity index (χ4v) is 1.81. The highest BCUT2D eigenvalue weighted by atomic mass is 15.1. The molecule has 1 aromatic rings. The van der Waals surface area contributed by atoms with Gasteiger partial charge in [-0.25, -0.2) is 0 Å². The molecule has 1 heterocycles. The lowest BCUT2D eigenvalue weighted by Crippen LogP contribution is -2.35. The van der Waals surface area contributed by atoms with Crippen molar-refractivity contribution in [3.05, 3.63) is 24.0 Å². The maximum absolute atomic E-state index is 4.41. The Balaban J connectivity index is 2.67. The van der Waals surface area contributed by atoms with Crippen LogP contribution in [0.15, 0.2) is 18.3 Å². The number of hydrogen-bond donors (Lipinski definition) is 1. The predicted octanol–water partition coefficient (Wildman–Crippen LogP) is 3.06. The molecule has 3 nitrogen and oxygen atoms in total. The van der Waals surface area contributed by atoms with Crippen LogP contribution in [0.4, 0.5) is 5.69 Å². The van der Waals surface area contributed by atoms with E-state index in [-0.39, 0.29) is 5.54 Å². The summed E-state index contributed by atoms with van der Waals surface area (Å²) >= 11 is 0. The van der Waals surface area contributed by atoms with E-state index in [2.05, 4.69) is 69.0 Å². The Morgan fingerprint density at radius 3 is 2.56 bits per heavy atom. The van der Waals surface area contributed by atoms with E-state index >= 15 is 0 Å². The van der Waals surface area contributed by atoms with Gasteiger partial charge in [-0.05, 0) is 38.8 Å². The minimum absolute atomic E-state index is 0.127. The summed E-state index contributed by atoms with van der Waals surface area (Å²) in [6.45, 7) is 12.9. The van der Waals surface area contributed by atoms with Gasteiger partial charge in [-0.1, -0.05) is 13.8 Å². The zero-order chi connectivity index (χ0) is 13.8. The first kappa shape index (κ1) is 15.0. The SMILES string of the molecule is CC(C)CN(C)c1ccnc(CNC(C)(C)C)c1. The molecule has 0 amide bonds. The van der Waals surface area contributed by atoms with E-state index in [1.54, 1.807) is 0 Å². The fourth-order valence-electron chi connectivity index (χ4n) is 1.81. The van der Waals surface area contributed by atoms with Gasteiger partial charge < -0.3 is 10.2 Å². The second kappa shape index (κ2) is 6.19. The lowest BCUT2D eigenvalue weighted by atomic mass is 10.1.